The van der Waals surface area contributed by atoms with Crippen molar-refractivity contribution in [2.24, 2.45) is 5.92 Å². The topological polar surface area (TPSA) is 69.0 Å². The second-order valence-corrected chi connectivity index (χ2v) is 7.45. The summed E-state index contributed by atoms with van der Waals surface area (Å²) in [6, 6.07) is 0. The lowest BCUT2D eigenvalue weighted by molar-refractivity contribution is -0.119. The molecule has 6 heteroatoms. The van der Waals surface area contributed by atoms with Crippen LogP contribution in [-0.4, -0.2) is 35.3 Å². The van der Waals surface area contributed by atoms with E-state index in [-0.39, 0.29) is 23.2 Å². The minimum Gasteiger partial charge on any atom is -0.335 e. The molecule has 1 unspecified atom stereocenters. The molecule has 1 aliphatic heterocycles. The molecule has 0 aromatic carbocycles. The maximum absolute atomic E-state index is 12.0. The summed E-state index contributed by atoms with van der Waals surface area (Å²) in [6.45, 7) is 2.94. The Hall–Kier alpha value is -1.17. The first-order valence-corrected chi connectivity index (χ1v) is 8.54. The maximum Gasteiger partial charge on any atom is 0.150 e. The van der Waals surface area contributed by atoms with Crippen LogP contribution in [0.2, 0.25) is 0 Å². The number of imidazole rings is 1. The van der Waals surface area contributed by atoms with Crippen molar-refractivity contribution in [1.82, 2.24) is 9.55 Å². The summed E-state index contributed by atoms with van der Waals surface area (Å²) in [4.78, 5) is 16.2. The van der Waals surface area contributed by atoms with Gasteiger partial charge in [0.1, 0.15) is 11.6 Å². The quantitative estimate of drug-likeness (QED) is 0.788. The van der Waals surface area contributed by atoms with E-state index in [1.54, 1.807) is 6.20 Å². The number of hydrogen-bond donors (Lipinski definition) is 0. The summed E-state index contributed by atoms with van der Waals surface area (Å²) in [5.41, 5.74) is 0. The van der Waals surface area contributed by atoms with Gasteiger partial charge in [-0.15, -0.1) is 0 Å². The number of sulfone groups is 1. The Morgan fingerprint density at radius 2 is 2.32 bits per heavy atom. The van der Waals surface area contributed by atoms with E-state index in [2.05, 4.69) is 11.9 Å². The fourth-order valence-electron chi connectivity index (χ4n) is 2.56. The summed E-state index contributed by atoms with van der Waals surface area (Å²) >= 11 is 0. The molecule has 0 bridgehead atoms. The number of Topliss-reactive ketones (excluding diaryl/α,β-unsaturated/α-hetero) is 1. The van der Waals surface area contributed by atoms with Crippen molar-refractivity contribution in [3.63, 3.8) is 0 Å². The Balaban J connectivity index is 1.89. The predicted octanol–water partition coefficient (Wildman–Crippen LogP) is 1.23. The second-order valence-electron chi connectivity index (χ2n) is 5.23. The summed E-state index contributed by atoms with van der Waals surface area (Å²) in [7, 11) is -2.89. The molecule has 0 radical (unpaired) electrons. The van der Waals surface area contributed by atoms with E-state index in [0.29, 0.717) is 19.3 Å². The lowest BCUT2D eigenvalue weighted by Gasteiger charge is -2.08. The molecule has 0 saturated carbocycles. The van der Waals surface area contributed by atoms with Crippen LogP contribution in [-0.2, 0) is 27.6 Å². The van der Waals surface area contributed by atoms with Gasteiger partial charge in [-0.05, 0) is 18.8 Å². The molecule has 1 saturated heterocycles. The van der Waals surface area contributed by atoms with E-state index in [4.69, 9.17) is 0 Å². The third-order valence-corrected chi connectivity index (χ3v) is 5.30. The highest BCUT2D eigenvalue weighted by Gasteiger charge is 2.29. The van der Waals surface area contributed by atoms with Crippen LogP contribution in [0.4, 0.5) is 0 Å². The number of hydrogen-bond acceptors (Lipinski definition) is 4. The third kappa shape index (κ3) is 3.89. The van der Waals surface area contributed by atoms with Crippen molar-refractivity contribution in [2.75, 3.05) is 11.5 Å². The van der Waals surface area contributed by atoms with Gasteiger partial charge in [-0.3, -0.25) is 4.79 Å². The summed E-state index contributed by atoms with van der Waals surface area (Å²) < 4.78 is 24.7. The van der Waals surface area contributed by atoms with Gasteiger partial charge in [-0.2, -0.15) is 0 Å². The van der Waals surface area contributed by atoms with Gasteiger partial charge in [-0.25, -0.2) is 13.4 Å². The van der Waals surface area contributed by atoms with E-state index >= 15 is 0 Å². The molecule has 2 rings (SSSR count). The van der Waals surface area contributed by atoms with Gasteiger partial charge < -0.3 is 4.57 Å². The molecule has 106 valence electrons. The van der Waals surface area contributed by atoms with Crippen molar-refractivity contribution in [2.45, 2.75) is 39.2 Å². The average Bonchev–Trinajstić information content (AvgIpc) is 2.87. The molecule has 0 spiro atoms. The highest BCUT2D eigenvalue weighted by Crippen LogP contribution is 2.22. The van der Waals surface area contributed by atoms with E-state index in [1.807, 2.05) is 10.8 Å². The lowest BCUT2D eigenvalue weighted by atomic mass is 10.0. The number of nitrogens with zero attached hydrogens (tertiary/aromatic N) is 2. The fraction of sp³-hybridized carbons (Fsp3) is 0.692. The Bertz CT molecular complexity index is 548. The van der Waals surface area contributed by atoms with Crippen LogP contribution >= 0.6 is 0 Å². The van der Waals surface area contributed by atoms with E-state index in [0.717, 1.165) is 18.8 Å². The number of rotatable bonds is 6. The number of carbonyl (C=O) groups is 1. The largest absolute Gasteiger partial charge is 0.335 e. The van der Waals surface area contributed by atoms with Crippen LogP contribution in [0.25, 0.3) is 0 Å². The van der Waals surface area contributed by atoms with Crippen LogP contribution in [0.1, 0.15) is 32.0 Å². The second kappa shape index (κ2) is 5.86. The van der Waals surface area contributed by atoms with E-state index in [1.165, 1.54) is 0 Å². The van der Waals surface area contributed by atoms with Crippen LogP contribution in [0.3, 0.4) is 0 Å². The molecule has 1 aromatic rings. The molecule has 1 aliphatic rings. The van der Waals surface area contributed by atoms with Crippen molar-refractivity contribution in [3.05, 3.63) is 18.2 Å². The van der Waals surface area contributed by atoms with Gasteiger partial charge in [0.2, 0.25) is 0 Å². The van der Waals surface area contributed by atoms with E-state index in [9.17, 15) is 13.2 Å². The first kappa shape index (κ1) is 14.2. The highest BCUT2D eigenvalue weighted by atomic mass is 32.2. The Labute approximate surface area is 114 Å². The third-order valence-electron chi connectivity index (χ3n) is 3.46. The Kier molecular flexibility index (Phi) is 4.39. The zero-order valence-electron chi connectivity index (χ0n) is 11.2. The normalized spacial score (nSPS) is 21.6. The minimum absolute atomic E-state index is 0.00656. The first-order chi connectivity index (χ1) is 9.00. The van der Waals surface area contributed by atoms with Crippen LogP contribution in [0, 0.1) is 5.92 Å². The van der Waals surface area contributed by atoms with Gasteiger partial charge in [0.05, 0.1) is 17.9 Å². The molecular formula is C13H20N2O3S. The summed E-state index contributed by atoms with van der Waals surface area (Å²) in [5, 5.41) is 0. The molecule has 2 heterocycles. The molecule has 1 aromatic heterocycles. The minimum atomic E-state index is -2.89. The monoisotopic (exact) mass is 284 g/mol. The standard InChI is InChI=1S/C13H20N2O3S/c1-2-5-15-6-4-14-13(15)9-12(16)8-11-3-7-19(17,18)10-11/h4,6,11H,2-3,5,7-10H2,1H3. The smallest absolute Gasteiger partial charge is 0.150 e. The van der Waals surface area contributed by atoms with Crippen molar-refractivity contribution >= 4 is 15.6 Å². The predicted molar refractivity (Wildman–Crippen MR) is 72.6 cm³/mol. The molecule has 19 heavy (non-hydrogen) atoms. The SMILES string of the molecule is CCCn1ccnc1CC(=O)CC1CCS(=O)(=O)C1. The summed E-state index contributed by atoms with van der Waals surface area (Å²) in [5.74, 6) is 1.28. The van der Waals surface area contributed by atoms with Crippen LogP contribution in [0.15, 0.2) is 12.4 Å². The zero-order valence-corrected chi connectivity index (χ0v) is 12.0. The fourth-order valence-corrected chi connectivity index (χ4v) is 4.42. The van der Waals surface area contributed by atoms with Crippen LogP contribution < -0.4 is 0 Å². The Morgan fingerprint density at radius 1 is 1.53 bits per heavy atom. The number of aryl methyl sites for hydroxylation is 1. The molecule has 0 aliphatic carbocycles. The molecular weight excluding hydrogens is 264 g/mol. The molecule has 0 amide bonds. The van der Waals surface area contributed by atoms with Crippen molar-refractivity contribution in [1.29, 1.82) is 0 Å². The molecule has 1 atom stereocenters. The number of aromatic nitrogens is 2. The first-order valence-electron chi connectivity index (χ1n) is 6.72. The van der Waals surface area contributed by atoms with Crippen molar-refractivity contribution in [3.8, 4) is 0 Å². The van der Waals surface area contributed by atoms with Gasteiger partial charge in [0, 0.05) is 25.4 Å². The zero-order chi connectivity index (χ0) is 13.9. The van der Waals surface area contributed by atoms with Crippen molar-refractivity contribution < 1.29 is 13.2 Å². The van der Waals surface area contributed by atoms with Gasteiger partial charge in [0.15, 0.2) is 9.84 Å². The summed E-state index contributed by atoms with van der Waals surface area (Å²) in [6.07, 6.45) is 5.88. The highest BCUT2D eigenvalue weighted by molar-refractivity contribution is 7.91. The van der Waals surface area contributed by atoms with Gasteiger partial charge in [0.25, 0.3) is 0 Å². The van der Waals surface area contributed by atoms with Gasteiger partial charge >= 0.3 is 0 Å². The van der Waals surface area contributed by atoms with Crippen LogP contribution in [0.5, 0.6) is 0 Å². The lowest BCUT2D eigenvalue weighted by Crippen LogP contribution is -2.15. The molecule has 0 N–H and O–H groups in total. The Morgan fingerprint density at radius 3 is 2.95 bits per heavy atom. The number of ketones is 1. The average molecular weight is 284 g/mol. The maximum atomic E-state index is 12.0. The van der Waals surface area contributed by atoms with E-state index < -0.39 is 9.84 Å². The van der Waals surface area contributed by atoms with Gasteiger partial charge in [-0.1, -0.05) is 6.92 Å². The molecule has 1 fully saturated rings. The number of carbonyl (C=O) groups excluding carboxylic acids is 1. The molecule has 5 nitrogen and oxygen atoms in total.